The van der Waals surface area contributed by atoms with E-state index in [4.69, 9.17) is 29.2 Å². The molecule has 0 saturated carbocycles. The van der Waals surface area contributed by atoms with Crippen molar-refractivity contribution in [3.8, 4) is 0 Å². The first-order chi connectivity index (χ1) is 11.7. The Labute approximate surface area is 141 Å². The maximum Gasteiger partial charge on any atom is 0.331 e. The van der Waals surface area contributed by atoms with Gasteiger partial charge < -0.3 is 29.2 Å². The van der Waals surface area contributed by atoms with Crippen LogP contribution >= 0.6 is 0 Å². The van der Waals surface area contributed by atoms with E-state index in [0.717, 1.165) is 12.2 Å². The Morgan fingerprint density at radius 1 is 0.960 bits per heavy atom. The van der Waals surface area contributed by atoms with E-state index in [0.29, 0.717) is 12.2 Å². The molecule has 2 N–H and O–H groups in total. The van der Waals surface area contributed by atoms with Gasteiger partial charge in [0.15, 0.2) is 12.2 Å². The summed E-state index contributed by atoms with van der Waals surface area (Å²) in [5.41, 5.74) is -1.08. The first kappa shape index (κ1) is 18.6. The number of carbonyl (C=O) groups is 4. The largest absolute Gasteiger partial charge is 0.478 e. The first-order valence-corrected chi connectivity index (χ1v) is 7.21. The number of aliphatic carboxylic acids is 2. The smallest absolute Gasteiger partial charge is 0.331 e. The molecule has 25 heavy (non-hydrogen) atoms. The van der Waals surface area contributed by atoms with Crippen molar-refractivity contribution in [1.29, 1.82) is 0 Å². The van der Waals surface area contributed by atoms with Gasteiger partial charge in [-0.3, -0.25) is 0 Å². The molecule has 10 heteroatoms. The lowest BCUT2D eigenvalue weighted by Crippen LogP contribution is -2.46. The summed E-state index contributed by atoms with van der Waals surface area (Å²) in [6, 6.07) is 0. The number of hydrogen-bond acceptors (Lipinski definition) is 8. The lowest BCUT2D eigenvalue weighted by atomic mass is 9.94. The van der Waals surface area contributed by atoms with Crippen LogP contribution in [0.5, 0.6) is 0 Å². The maximum absolute atomic E-state index is 11.6. The summed E-state index contributed by atoms with van der Waals surface area (Å²) >= 11 is 0. The fourth-order valence-electron chi connectivity index (χ4n) is 2.60. The van der Waals surface area contributed by atoms with Crippen LogP contribution in [0.25, 0.3) is 0 Å². The van der Waals surface area contributed by atoms with Gasteiger partial charge in [-0.25, -0.2) is 19.2 Å². The molecule has 2 rings (SSSR count). The number of ether oxygens (including phenoxy) is 4. The summed E-state index contributed by atoms with van der Waals surface area (Å²) in [5.74, 6) is -4.31. The van der Waals surface area contributed by atoms with Gasteiger partial charge in [0.25, 0.3) is 0 Å². The van der Waals surface area contributed by atoms with Crippen LogP contribution in [0.3, 0.4) is 0 Å². The van der Waals surface area contributed by atoms with Crippen molar-refractivity contribution >= 4 is 23.9 Å². The number of fused-ring (bicyclic) bond motifs is 1. The highest BCUT2D eigenvalue weighted by atomic mass is 16.7. The molecule has 0 radical (unpaired) electrons. The quantitative estimate of drug-likeness (QED) is 0.462. The highest BCUT2D eigenvalue weighted by Gasteiger charge is 2.60. The summed E-state index contributed by atoms with van der Waals surface area (Å²) in [5, 5.41) is 17.0. The Hall–Kier alpha value is -2.72. The van der Waals surface area contributed by atoms with Gasteiger partial charge in [0.05, 0.1) is 13.2 Å². The summed E-state index contributed by atoms with van der Waals surface area (Å²) in [4.78, 5) is 44.0. The summed E-state index contributed by atoms with van der Waals surface area (Å²) in [6.07, 6.45) is 0.495. The second kappa shape index (κ2) is 7.45. The van der Waals surface area contributed by atoms with E-state index in [9.17, 15) is 19.2 Å². The Morgan fingerprint density at radius 3 is 2.08 bits per heavy atom. The van der Waals surface area contributed by atoms with E-state index in [1.807, 2.05) is 0 Å². The van der Waals surface area contributed by atoms with E-state index in [2.05, 4.69) is 0 Å². The standard InChI is InChI=1S/C15H16O10/c1-15-9(25-13(21)5-3-11(18)19)7-22-14(15)8(6-23-15)24-12(20)4-2-10(16)17/h2-5,8-9,14H,6-7H2,1H3,(H,16,17)(H,18,19)/b4-2-,5-3-/t8-,9-,14+,15+/m0/s1. The minimum atomic E-state index is -1.29. The zero-order valence-corrected chi connectivity index (χ0v) is 13.1. The molecule has 4 atom stereocenters. The number of rotatable bonds is 6. The second-order valence-electron chi connectivity index (χ2n) is 5.49. The summed E-state index contributed by atoms with van der Waals surface area (Å²) < 4.78 is 21.3. The first-order valence-electron chi connectivity index (χ1n) is 7.21. The molecular weight excluding hydrogens is 340 g/mol. The van der Waals surface area contributed by atoms with Crippen LogP contribution in [-0.4, -0.2) is 71.2 Å². The van der Waals surface area contributed by atoms with E-state index in [1.54, 1.807) is 6.92 Å². The molecule has 0 aliphatic carbocycles. The highest BCUT2D eigenvalue weighted by Crippen LogP contribution is 2.40. The lowest BCUT2D eigenvalue weighted by Gasteiger charge is -2.27. The van der Waals surface area contributed by atoms with Crippen LogP contribution in [0.1, 0.15) is 6.92 Å². The molecule has 10 nitrogen and oxygen atoms in total. The molecule has 2 aliphatic heterocycles. The molecular formula is C15H16O10. The Bertz CT molecular complexity index is 636. The Morgan fingerprint density at radius 2 is 1.52 bits per heavy atom. The molecule has 2 saturated heterocycles. The van der Waals surface area contributed by atoms with Gasteiger partial charge in [0.2, 0.25) is 0 Å². The van der Waals surface area contributed by atoms with Crippen molar-refractivity contribution in [2.75, 3.05) is 13.2 Å². The van der Waals surface area contributed by atoms with Crippen LogP contribution in [-0.2, 0) is 38.1 Å². The van der Waals surface area contributed by atoms with Gasteiger partial charge in [0.1, 0.15) is 11.7 Å². The van der Waals surface area contributed by atoms with Crippen molar-refractivity contribution < 1.29 is 48.3 Å². The molecule has 2 fully saturated rings. The van der Waals surface area contributed by atoms with Gasteiger partial charge in [0, 0.05) is 24.3 Å². The minimum Gasteiger partial charge on any atom is -0.478 e. The predicted octanol–water partition coefficient (Wildman–Crippen LogP) is -0.721. The van der Waals surface area contributed by atoms with Crippen LogP contribution in [0.2, 0.25) is 0 Å². The van der Waals surface area contributed by atoms with E-state index >= 15 is 0 Å². The van der Waals surface area contributed by atoms with Gasteiger partial charge in [-0.05, 0) is 6.92 Å². The van der Waals surface area contributed by atoms with Gasteiger partial charge in [-0.2, -0.15) is 0 Å². The number of carboxylic acid groups (broad SMARTS) is 2. The third kappa shape index (κ3) is 4.43. The van der Waals surface area contributed by atoms with Crippen LogP contribution < -0.4 is 0 Å². The van der Waals surface area contributed by atoms with Crippen LogP contribution in [0.4, 0.5) is 0 Å². The number of hydrogen-bond donors (Lipinski definition) is 2. The van der Waals surface area contributed by atoms with Gasteiger partial charge in [-0.15, -0.1) is 0 Å². The Kier molecular flexibility index (Phi) is 5.55. The fraction of sp³-hybridized carbons (Fsp3) is 0.467. The summed E-state index contributed by atoms with van der Waals surface area (Å²) in [6.45, 7) is 1.57. The molecule has 0 spiro atoms. The fourth-order valence-corrected chi connectivity index (χ4v) is 2.60. The van der Waals surface area contributed by atoms with Crippen molar-refractivity contribution in [3.05, 3.63) is 24.3 Å². The zero-order valence-electron chi connectivity index (χ0n) is 13.1. The topological polar surface area (TPSA) is 146 Å². The highest BCUT2D eigenvalue weighted by molar-refractivity contribution is 5.91. The number of carboxylic acids is 2. The van der Waals surface area contributed by atoms with E-state index in [-0.39, 0.29) is 13.2 Å². The van der Waals surface area contributed by atoms with Crippen molar-refractivity contribution in [1.82, 2.24) is 0 Å². The van der Waals surface area contributed by atoms with Crippen molar-refractivity contribution in [2.24, 2.45) is 0 Å². The normalized spacial score (nSPS) is 31.2. The predicted molar refractivity (Wildman–Crippen MR) is 77.4 cm³/mol. The third-order valence-corrected chi connectivity index (χ3v) is 3.78. The van der Waals surface area contributed by atoms with Gasteiger partial charge in [-0.1, -0.05) is 0 Å². The molecule has 136 valence electrons. The zero-order chi connectivity index (χ0) is 18.6. The SMILES string of the molecule is C[C@]12OC[C@H](OC(=O)/C=C\C(=O)O)[C@H]1OC[C@@H]2OC(=O)/C=C\C(=O)O. The van der Waals surface area contributed by atoms with E-state index < -0.39 is 47.8 Å². The molecule has 0 aromatic carbocycles. The average molecular weight is 356 g/mol. The molecule has 0 aromatic heterocycles. The average Bonchev–Trinajstić information content (AvgIpc) is 3.00. The van der Waals surface area contributed by atoms with Crippen LogP contribution in [0.15, 0.2) is 24.3 Å². The molecule has 2 aliphatic rings. The summed E-state index contributed by atoms with van der Waals surface area (Å²) in [7, 11) is 0. The lowest BCUT2D eigenvalue weighted by molar-refractivity contribution is -0.155. The molecule has 0 bridgehead atoms. The Balaban J connectivity index is 1.97. The second-order valence-corrected chi connectivity index (χ2v) is 5.49. The number of esters is 2. The minimum absolute atomic E-state index is 0.0210. The van der Waals surface area contributed by atoms with Crippen molar-refractivity contribution in [3.63, 3.8) is 0 Å². The molecule has 0 amide bonds. The monoisotopic (exact) mass is 356 g/mol. The van der Waals surface area contributed by atoms with Crippen molar-refractivity contribution in [2.45, 2.75) is 30.8 Å². The molecule has 0 unspecified atom stereocenters. The van der Waals surface area contributed by atoms with Gasteiger partial charge >= 0.3 is 23.9 Å². The van der Waals surface area contributed by atoms with E-state index in [1.165, 1.54) is 0 Å². The third-order valence-electron chi connectivity index (χ3n) is 3.78. The number of carbonyl (C=O) groups excluding carboxylic acids is 2. The molecule has 0 aromatic rings. The van der Waals surface area contributed by atoms with Crippen LogP contribution in [0, 0.1) is 0 Å². The maximum atomic E-state index is 11.6. The molecule has 2 heterocycles.